The Morgan fingerprint density at radius 3 is 2.86 bits per heavy atom. The molecule has 0 spiro atoms. The van der Waals surface area contributed by atoms with Gasteiger partial charge in [0.05, 0.1) is 16.9 Å². The second kappa shape index (κ2) is 5.76. The van der Waals surface area contributed by atoms with Crippen LogP contribution in [0.3, 0.4) is 0 Å². The maximum atomic E-state index is 12.2. The van der Waals surface area contributed by atoms with E-state index in [1.807, 2.05) is 35.0 Å². The summed E-state index contributed by atoms with van der Waals surface area (Å²) >= 11 is 5.98. The lowest BCUT2D eigenvalue weighted by Crippen LogP contribution is -2.13. The number of hydrogen-bond donors (Lipinski definition) is 1. The average Bonchev–Trinajstić information content (AvgIpc) is 3.02. The number of imidazole rings is 1. The number of benzene rings is 1. The van der Waals surface area contributed by atoms with Crippen LogP contribution in [0.2, 0.25) is 5.02 Å². The molecule has 0 radical (unpaired) electrons. The molecule has 0 aliphatic heterocycles. The number of aromatic nitrogens is 3. The highest BCUT2D eigenvalue weighted by Crippen LogP contribution is 2.18. The molecule has 1 N–H and O–H groups in total. The van der Waals surface area contributed by atoms with E-state index in [1.165, 1.54) is 6.20 Å². The Kier molecular flexibility index (Phi) is 3.66. The first-order valence-corrected chi connectivity index (χ1v) is 6.61. The first-order valence-electron chi connectivity index (χ1n) is 6.23. The van der Waals surface area contributed by atoms with Gasteiger partial charge < -0.3 is 9.88 Å². The number of nitrogens with one attached hydrogen (secondary N) is 1. The largest absolute Gasteiger partial charge is 0.322 e. The molecule has 5 nitrogen and oxygen atoms in total. The number of nitrogens with zero attached hydrogens (tertiary/aromatic N) is 3. The van der Waals surface area contributed by atoms with Crippen molar-refractivity contribution in [1.82, 2.24) is 14.5 Å². The standard InChI is InChI=1S/C15H11ClN4O/c16-14-4-5-17-9-13(14)15(21)19-11-2-1-3-12(8-11)20-7-6-18-10-20/h1-10H,(H,19,21). The maximum absolute atomic E-state index is 12.2. The fourth-order valence-corrected chi connectivity index (χ4v) is 2.09. The maximum Gasteiger partial charge on any atom is 0.258 e. The van der Waals surface area contributed by atoms with Crippen LogP contribution in [-0.4, -0.2) is 20.4 Å². The van der Waals surface area contributed by atoms with Crippen molar-refractivity contribution in [3.8, 4) is 5.69 Å². The number of halogens is 1. The smallest absolute Gasteiger partial charge is 0.258 e. The van der Waals surface area contributed by atoms with Gasteiger partial charge in [-0.1, -0.05) is 17.7 Å². The number of carbonyl (C=O) groups excluding carboxylic acids is 1. The third kappa shape index (κ3) is 2.93. The van der Waals surface area contributed by atoms with Gasteiger partial charge in [0.15, 0.2) is 0 Å². The highest BCUT2D eigenvalue weighted by molar-refractivity contribution is 6.34. The van der Waals surface area contributed by atoms with Gasteiger partial charge in [-0.25, -0.2) is 4.98 Å². The van der Waals surface area contributed by atoms with Crippen LogP contribution in [0.25, 0.3) is 5.69 Å². The second-order valence-electron chi connectivity index (χ2n) is 4.33. The van der Waals surface area contributed by atoms with Gasteiger partial charge in [0.2, 0.25) is 0 Å². The molecule has 0 atom stereocenters. The number of amides is 1. The number of anilines is 1. The minimum atomic E-state index is -0.295. The van der Waals surface area contributed by atoms with Gasteiger partial charge in [-0.2, -0.15) is 0 Å². The zero-order chi connectivity index (χ0) is 14.7. The van der Waals surface area contributed by atoms with Gasteiger partial charge in [0.25, 0.3) is 5.91 Å². The zero-order valence-corrected chi connectivity index (χ0v) is 11.7. The molecule has 0 saturated carbocycles. The number of pyridine rings is 1. The fraction of sp³-hybridized carbons (Fsp3) is 0. The molecule has 3 aromatic rings. The van der Waals surface area contributed by atoms with Crippen LogP contribution in [0, 0.1) is 0 Å². The summed E-state index contributed by atoms with van der Waals surface area (Å²) in [6.07, 6.45) is 8.20. The third-order valence-corrected chi connectivity index (χ3v) is 3.25. The van der Waals surface area contributed by atoms with E-state index in [2.05, 4.69) is 15.3 Å². The van der Waals surface area contributed by atoms with E-state index < -0.39 is 0 Å². The average molecular weight is 299 g/mol. The topological polar surface area (TPSA) is 59.8 Å². The minimum absolute atomic E-state index is 0.295. The highest BCUT2D eigenvalue weighted by Gasteiger charge is 2.10. The predicted molar refractivity (Wildman–Crippen MR) is 80.8 cm³/mol. The van der Waals surface area contributed by atoms with Crippen molar-refractivity contribution in [3.05, 3.63) is 72.0 Å². The highest BCUT2D eigenvalue weighted by atomic mass is 35.5. The van der Waals surface area contributed by atoms with Crippen molar-refractivity contribution >= 4 is 23.2 Å². The fourth-order valence-electron chi connectivity index (χ4n) is 1.90. The van der Waals surface area contributed by atoms with Gasteiger partial charge in [-0.15, -0.1) is 0 Å². The van der Waals surface area contributed by atoms with Crippen molar-refractivity contribution in [2.75, 3.05) is 5.32 Å². The van der Waals surface area contributed by atoms with Crippen molar-refractivity contribution < 1.29 is 4.79 Å². The molecule has 0 bridgehead atoms. The summed E-state index contributed by atoms with van der Waals surface area (Å²) < 4.78 is 1.85. The summed E-state index contributed by atoms with van der Waals surface area (Å²) in [6.45, 7) is 0. The van der Waals surface area contributed by atoms with Crippen LogP contribution in [-0.2, 0) is 0 Å². The Bertz CT molecular complexity index is 771. The Hall–Kier alpha value is -2.66. The van der Waals surface area contributed by atoms with Gasteiger partial charge in [0, 0.05) is 36.2 Å². The lowest BCUT2D eigenvalue weighted by Gasteiger charge is -2.08. The van der Waals surface area contributed by atoms with E-state index in [-0.39, 0.29) is 5.91 Å². The zero-order valence-electron chi connectivity index (χ0n) is 10.9. The molecular formula is C15H11ClN4O. The van der Waals surface area contributed by atoms with Crippen LogP contribution in [0.1, 0.15) is 10.4 Å². The molecule has 6 heteroatoms. The van der Waals surface area contributed by atoms with E-state index in [0.29, 0.717) is 16.3 Å². The Morgan fingerprint density at radius 2 is 2.10 bits per heavy atom. The molecule has 21 heavy (non-hydrogen) atoms. The number of hydrogen-bond acceptors (Lipinski definition) is 3. The summed E-state index contributed by atoms with van der Waals surface area (Å²) in [5.41, 5.74) is 1.92. The Labute approximate surface area is 126 Å². The molecule has 1 amide bonds. The molecule has 2 aromatic heterocycles. The SMILES string of the molecule is O=C(Nc1cccc(-n2ccnc2)c1)c1cnccc1Cl. The molecule has 0 aliphatic rings. The van der Waals surface area contributed by atoms with Gasteiger partial charge in [-0.3, -0.25) is 9.78 Å². The van der Waals surface area contributed by atoms with E-state index in [9.17, 15) is 4.79 Å². The number of rotatable bonds is 3. The van der Waals surface area contributed by atoms with Gasteiger partial charge in [-0.05, 0) is 24.3 Å². The summed E-state index contributed by atoms with van der Waals surface area (Å²) in [5.74, 6) is -0.295. The van der Waals surface area contributed by atoms with Crippen LogP contribution in [0.5, 0.6) is 0 Å². The van der Waals surface area contributed by atoms with Crippen LogP contribution in [0.4, 0.5) is 5.69 Å². The molecular weight excluding hydrogens is 288 g/mol. The second-order valence-corrected chi connectivity index (χ2v) is 4.74. The third-order valence-electron chi connectivity index (χ3n) is 2.92. The van der Waals surface area contributed by atoms with Gasteiger partial charge >= 0.3 is 0 Å². The molecule has 0 fully saturated rings. The number of carbonyl (C=O) groups is 1. The summed E-state index contributed by atoms with van der Waals surface area (Å²) in [7, 11) is 0. The normalized spacial score (nSPS) is 10.3. The van der Waals surface area contributed by atoms with Crippen molar-refractivity contribution in [2.45, 2.75) is 0 Å². The lowest BCUT2D eigenvalue weighted by molar-refractivity contribution is 0.102. The van der Waals surface area contributed by atoms with Crippen molar-refractivity contribution in [2.24, 2.45) is 0 Å². The molecule has 3 rings (SSSR count). The molecule has 0 aliphatic carbocycles. The molecule has 104 valence electrons. The van der Waals surface area contributed by atoms with E-state index in [0.717, 1.165) is 5.69 Å². The first kappa shape index (κ1) is 13.3. The Morgan fingerprint density at radius 1 is 1.19 bits per heavy atom. The molecule has 2 heterocycles. The summed E-state index contributed by atoms with van der Waals surface area (Å²) in [6, 6.07) is 9.02. The van der Waals surface area contributed by atoms with Crippen LogP contribution in [0.15, 0.2) is 61.4 Å². The van der Waals surface area contributed by atoms with E-state index in [1.54, 1.807) is 24.8 Å². The van der Waals surface area contributed by atoms with Crippen LogP contribution < -0.4 is 5.32 Å². The van der Waals surface area contributed by atoms with Crippen LogP contribution >= 0.6 is 11.6 Å². The summed E-state index contributed by atoms with van der Waals surface area (Å²) in [4.78, 5) is 20.1. The van der Waals surface area contributed by atoms with Gasteiger partial charge in [0.1, 0.15) is 0 Å². The quantitative estimate of drug-likeness (QED) is 0.808. The Balaban J connectivity index is 1.84. The van der Waals surface area contributed by atoms with Crippen molar-refractivity contribution in [1.29, 1.82) is 0 Å². The van der Waals surface area contributed by atoms with E-state index >= 15 is 0 Å². The van der Waals surface area contributed by atoms with Crippen molar-refractivity contribution in [3.63, 3.8) is 0 Å². The monoisotopic (exact) mass is 298 g/mol. The molecule has 0 saturated heterocycles. The summed E-state index contributed by atoms with van der Waals surface area (Å²) in [5, 5.41) is 3.17. The molecule has 0 unspecified atom stereocenters. The predicted octanol–water partition coefficient (Wildman–Crippen LogP) is 3.17. The van der Waals surface area contributed by atoms with E-state index in [4.69, 9.17) is 11.6 Å². The lowest BCUT2D eigenvalue weighted by atomic mass is 10.2. The minimum Gasteiger partial charge on any atom is -0.322 e. The molecule has 1 aromatic carbocycles. The first-order chi connectivity index (χ1) is 10.2.